The molecular formula is C19H23NO3. The average Bonchev–Trinajstić information content (AvgIpc) is 2.56. The monoisotopic (exact) mass is 313 g/mol. The fourth-order valence-corrected chi connectivity index (χ4v) is 3.33. The Morgan fingerprint density at radius 3 is 2.70 bits per heavy atom. The van der Waals surface area contributed by atoms with Gasteiger partial charge in [0, 0.05) is 19.1 Å². The Kier molecular flexibility index (Phi) is 4.53. The lowest BCUT2D eigenvalue weighted by Crippen LogP contribution is -2.43. The third-order valence-corrected chi connectivity index (χ3v) is 4.86. The zero-order chi connectivity index (χ0) is 16.4. The molecule has 2 unspecified atom stereocenters. The molecule has 1 saturated heterocycles. The van der Waals surface area contributed by atoms with E-state index in [1.165, 1.54) is 10.9 Å². The third kappa shape index (κ3) is 3.48. The Morgan fingerprint density at radius 2 is 1.96 bits per heavy atom. The van der Waals surface area contributed by atoms with Crippen molar-refractivity contribution in [3.63, 3.8) is 0 Å². The van der Waals surface area contributed by atoms with Crippen LogP contribution in [0.15, 0.2) is 36.4 Å². The van der Waals surface area contributed by atoms with Gasteiger partial charge in [0.15, 0.2) is 0 Å². The number of rotatable bonds is 4. The molecule has 1 heterocycles. The molecule has 2 aromatic carbocycles. The molecule has 0 amide bonds. The van der Waals surface area contributed by atoms with Crippen molar-refractivity contribution in [2.75, 3.05) is 13.7 Å². The van der Waals surface area contributed by atoms with Gasteiger partial charge in [-0.15, -0.1) is 0 Å². The van der Waals surface area contributed by atoms with E-state index in [9.17, 15) is 9.90 Å². The fraction of sp³-hybridized carbons (Fsp3) is 0.421. The Bertz CT molecular complexity index is 713. The van der Waals surface area contributed by atoms with Crippen LogP contribution in [-0.2, 0) is 11.3 Å². The van der Waals surface area contributed by atoms with Crippen LogP contribution in [-0.4, -0.2) is 35.7 Å². The molecule has 4 heteroatoms. The molecule has 1 N–H and O–H groups in total. The average molecular weight is 313 g/mol. The number of carboxylic acid groups (broad SMARTS) is 1. The highest BCUT2D eigenvalue weighted by Crippen LogP contribution is 2.26. The molecule has 1 fully saturated rings. The minimum atomic E-state index is -0.674. The van der Waals surface area contributed by atoms with Gasteiger partial charge in [-0.05, 0) is 54.3 Å². The standard InChI is InChI=1S/C19H23NO3/c1-13-3-5-17(19(21)22)12-20(13)11-14-4-6-16-10-18(23-2)8-7-15(16)9-14/h4,6-10,13,17H,3,5,11-12H2,1-2H3,(H,21,22). The molecule has 4 nitrogen and oxygen atoms in total. The number of ether oxygens (including phenoxy) is 1. The van der Waals surface area contributed by atoms with Crippen LogP contribution in [0, 0.1) is 5.92 Å². The molecule has 0 spiro atoms. The second-order valence-electron chi connectivity index (χ2n) is 6.44. The van der Waals surface area contributed by atoms with E-state index in [4.69, 9.17) is 4.74 Å². The summed E-state index contributed by atoms with van der Waals surface area (Å²) in [5.74, 6) is -0.0531. The largest absolute Gasteiger partial charge is 0.497 e. The van der Waals surface area contributed by atoms with Gasteiger partial charge < -0.3 is 9.84 Å². The van der Waals surface area contributed by atoms with Gasteiger partial charge in [0.1, 0.15) is 5.75 Å². The first-order chi connectivity index (χ1) is 11.1. The molecule has 0 aromatic heterocycles. The van der Waals surface area contributed by atoms with Crippen LogP contribution < -0.4 is 4.74 Å². The summed E-state index contributed by atoms with van der Waals surface area (Å²) >= 11 is 0. The maximum atomic E-state index is 11.3. The SMILES string of the molecule is COc1ccc2cc(CN3CC(C(=O)O)CCC3C)ccc2c1. The number of nitrogens with zero attached hydrogens (tertiary/aromatic N) is 1. The van der Waals surface area contributed by atoms with E-state index in [0.29, 0.717) is 12.6 Å². The smallest absolute Gasteiger partial charge is 0.307 e. The number of hydrogen-bond acceptors (Lipinski definition) is 3. The Balaban J connectivity index is 1.78. The quantitative estimate of drug-likeness (QED) is 0.938. The van der Waals surface area contributed by atoms with Crippen LogP contribution in [0.5, 0.6) is 5.75 Å². The van der Waals surface area contributed by atoms with E-state index in [1.54, 1.807) is 7.11 Å². The van der Waals surface area contributed by atoms with E-state index in [0.717, 1.165) is 30.5 Å². The number of aliphatic carboxylic acids is 1. The molecule has 122 valence electrons. The van der Waals surface area contributed by atoms with Crippen LogP contribution in [0.2, 0.25) is 0 Å². The van der Waals surface area contributed by atoms with Crippen molar-refractivity contribution in [2.45, 2.75) is 32.4 Å². The van der Waals surface area contributed by atoms with E-state index < -0.39 is 5.97 Å². The number of carbonyl (C=O) groups is 1. The summed E-state index contributed by atoms with van der Waals surface area (Å²) in [5, 5.41) is 11.6. The van der Waals surface area contributed by atoms with Gasteiger partial charge in [-0.3, -0.25) is 9.69 Å². The minimum absolute atomic E-state index is 0.240. The number of likely N-dealkylation sites (tertiary alicyclic amines) is 1. The maximum Gasteiger partial charge on any atom is 0.307 e. The van der Waals surface area contributed by atoms with Crippen molar-refractivity contribution in [1.82, 2.24) is 4.90 Å². The summed E-state index contributed by atoms with van der Waals surface area (Å²) in [5.41, 5.74) is 1.22. The van der Waals surface area contributed by atoms with Crippen LogP contribution in [0.25, 0.3) is 10.8 Å². The van der Waals surface area contributed by atoms with Crippen molar-refractivity contribution in [3.05, 3.63) is 42.0 Å². The number of piperidine rings is 1. The fourth-order valence-electron chi connectivity index (χ4n) is 3.33. The molecule has 2 aromatic rings. The van der Waals surface area contributed by atoms with Crippen LogP contribution in [0.1, 0.15) is 25.3 Å². The van der Waals surface area contributed by atoms with Gasteiger partial charge in [0.25, 0.3) is 0 Å². The molecule has 1 aliphatic heterocycles. The molecule has 0 bridgehead atoms. The zero-order valence-corrected chi connectivity index (χ0v) is 13.7. The number of hydrogen-bond donors (Lipinski definition) is 1. The second-order valence-corrected chi connectivity index (χ2v) is 6.44. The zero-order valence-electron chi connectivity index (χ0n) is 13.7. The third-order valence-electron chi connectivity index (χ3n) is 4.86. The Hall–Kier alpha value is -2.07. The van der Waals surface area contributed by atoms with Gasteiger partial charge in [0.05, 0.1) is 13.0 Å². The molecule has 1 aliphatic rings. The second kappa shape index (κ2) is 6.59. The summed E-state index contributed by atoms with van der Waals surface area (Å²) in [4.78, 5) is 13.5. The Labute approximate surface area is 136 Å². The first-order valence-corrected chi connectivity index (χ1v) is 8.10. The normalized spacial score (nSPS) is 22.2. The van der Waals surface area contributed by atoms with Crippen molar-refractivity contribution in [3.8, 4) is 5.75 Å². The van der Waals surface area contributed by atoms with Gasteiger partial charge in [-0.1, -0.05) is 18.2 Å². The summed E-state index contributed by atoms with van der Waals surface area (Å²) in [6.07, 6.45) is 1.73. The predicted octanol–water partition coefficient (Wildman–Crippen LogP) is 3.53. The number of carboxylic acids is 1. The van der Waals surface area contributed by atoms with E-state index >= 15 is 0 Å². The lowest BCUT2D eigenvalue weighted by atomic mass is 9.93. The molecule has 0 saturated carbocycles. The van der Waals surface area contributed by atoms with Gasteiger partial charge >= 0.3 is 5.97 Å². The van der Waals surface area contributed by atoms with Crippen molar-refractivity contribution in [2.24, 2.45) is 5.92 Å². The highest BCUT2D eigenvalue weighted by Gasteiger charge is 2.29. The van der Waals surface area contributed by atoms with E-state index in [1.807, 2.05) is 12.1 Å². The first kappa shape index (κ1) is 15.8. The molecule has 2 atom stereocenters. The highest BCUT2D eigenvalue weighted by molar-refractivity contribution is 5.84. The highest BCUT2D eigenvalue weighted by atomic mass is 16.5. The van der Waals surface area contributed by atoms with Crippen LogP contribution in [0.4, 0.5) is 0 Å². The molecule has 0 aliphatic carbocycles. The lowest BCUT2D eigenvalue weighted by molar-refractivity contribution is -0.144. The van der Waals surface area contributed by atoms with Crippen molar-refractivity contribution < 1.29 is 14.6 Å². The predicted molar refractivity (Wildman–Crippen MR) is 90.7 cm³/mol. The first-order valence-electron chi connectivity index (χ1n) is 8.10. The lowest BCUT2D eigenvalue weighted by Gasteiger charge is -2.36. The molecule has 0 radical (unpaired) electrons. The van der Waals surface area contributed by atoms with Crippen LogP contribution >= 0.6 is 0 Å². The minimum Gasteiger partial charge on any atom is -0.497 e. The molecular weight excluding hydrogens is 290 g/mol. The molecule has 3 rings (SSSR count). The van der Waals surface area contributed by atoms with E-state index in [-0.39, 0.29) is 5.92 Å². The van der Waals surface area contributed by atoms with E-state index in [2.05, 4.69) is 36.1 Å². The summed E-state index contributed by atoms with van der Waals surface area (Å²) in [6.45, 7) is 3.62. The van der Waals surface area contributed by atoms with Crippen molar-refractivity contribution in [1.29, 1.82) is 0 Å². The molecule has 23 heavy (non-hydrogen) atoms. The number of benzene rings is 2. The number of methoxy groups -OCH3 is 1. The van der Waals surface area contributed by atoms with Gasteiger partial charge in [-0.25, -0.2) is 0 Å². The van der Waals surface area contributed by atoms with Crippen LogP contribution in [0.3, 0.4) is 0 Å². The Morgan fingerprint density at radius 1 is 1.22 bits per heavy atom. The number of fused-ring (bicyclic) bond motifs is 1. The summed E-state index contributed by atoms with van der Waals surface area (Å²) < 4.78 is 5.26. The maximum absolute atomic E-state index is 11.3. The van der Waals surface area contributed by atoms with Gasteiger partial charge in [0.2, 0.25) is 0 Å². The summed E-state index contributed by atoms with van der Waals surface area (Å²) in [7, 11) is 1.67. The van der Waals surface area contributed by atoms with Gasteiger partial charge in [-0.2, -0.15) is 0 Å². The topological polar surface area (TPSA) is 49.8 Å². The van der Waals surface area contributed by atoms with Crippen molar-refractivity contribution >= 4 is 16.7 Å². The summed E-state index contributed by atoms with van der Waals surface area (Å²) in [6, 6.07) is 12.9.